The van der Waals surface area contributed by atoms with Crippen LogP contribution < -0.4 is 20.9 Å². The molecule has 102 valence electrons. The summed E-state index contributed by atoms with van der Waals surface area (Å²) in [6, 6.07) is 12.9. The van der Waals surface area contributed by atoms with Crippen LogP contribution in [0.25, 0.3) is 0 Å². The van der Waals surface area contributed by atoms with Crippen molar-refractivity contribution in [2.24, 2.45) is 0 Å². The zero-order valence-corrected chi connectivity index (χ0v) is 12.5. The summed E-state index contributed by atoms with van der Waals surface area (Å²) in [6.45, 7) is 0. The molecule has 0 aliphatic rings. The van der Waals surface area contributed by atoms with Crippen molar-refractivity contribution >= 4 is 27.3 Å². The first-order valence-corrected chi connectivity index (χ1v) is 6.35. The number of hydrogen-bond acceptors (Lipinski definition) is 4. The van der Waals surface area contributed by atoms with Gasteiger partial charge in [-0.3, -0.25) is 0 Å². The Labute approximate surface area is 121 Å². The van der Waals surface area contributed by atoms with Gasteiger partial charge in [0, 0.05) is 16.2 Å². The second-order valence-electron chi connectivity index (χ2n) is 3.63. The van der Waals surface area contributed by atoms with E-state index in [0.717, 1.165) is 15.9 Å². The van der Waals surface area contributed by atoms with Gasteiger partial charge in [0.15, 0.2) is 0 Å². The SMILES string of the molecule is COc1ccc(N)c(OC)c1.Nc1ccccc1Br. The topological polar surface area (TPSA) is 70.5 Å². The molecule has 4 N–H and O–H groups in total. The summed E-state index contributed by atoms with van der Waals surface area (Å²) in [7, 11) is 3.18. The number of ether oxygens (including phenoxy) is 2. The summed E-state index contributed by atoms with van der Waals surface area (Å²) in [5.74, 6) is 1.39. The van der Waals surface area contributed by atoms with E-state index < -0.39 is 0 Å². The van der Waals surface area contributed by atoms with Crippen molar-refractivity contribution in [2.45, 2.75) is 0 Å². The summed E-state index contributed by atoms with van der Waals surface area (Å²) in [6.07, 6.45) is 0. The van der Waals surface area contributed by atoms with Crippen LogP contribution in [0.5, 0.6) is 11.5 Å². The number of anilines is 2. The van der Waals surface area contributed by atoms with E-state index in [2.05, 4.69) is 15.9 Å². The van der Waals surface area contributed by atoms with Crippen LogP contribution in [0.1, 0.15) is 0 Å². The van der Waals surface area contributed by atoms with E-state index in [1.54, 1.807) is 32.4 Å². The Morgan fingerprint density at radius 1 is 0.895 bits per heavy atom. The van der Waals surface area contributed by atoms with Crippen LogP contribution in [0.3, 0.4) is 0 Å². The molecule has 4 nitrogen and oxygen atoms in total. The summed E-state index contributed by atoms with van der Waals surface area (Å²) in [5.41, 5.74) is 12.5. The van der Waals surface area contributed by atoms with E-state index in [1.807, 2.05) is 24.3 Å². The van der Waals surface area contributed by atoms with E-state index in [4.69, 9.17) is 20.9 Å². The largest absolute Gasteiger partial charge is 0.497 e. The van der Waals surface area contributed by atoms with Crippen molar-refractivity contribution in [3.8, 4) is 11.5 Å². The third kappa shape index (κ3) is 4.71. The van der Waals surface area contributed by atoms with Gasteiger partial charge < -0.3 is 20.9 Å². The molecular formula is C14H17BrN2O2. The lowest BCUT2D eigenvalue weighted by Crippen LogP contribution is -1.92. The third-order valence-electron chi connectivity index (χ3n) is 2.35. The second-order valence-corrected chi connectivity index (χ2v) is 4.48. The number of methoxy groups -OCH3 is 2. The van der Waals surface area contributed by atoms with Gasteiger partial charge in [0.1, 0.15) is 11.5 Å². The Morgan fingerprint density at radius 2 is 1.58 bits per heavy atom. The molecular weight excluding hydrogens is 308 g/mol. The highest BCUT2D eigenvalue weighted by Gasteiger charge is 1.99. The molecule has 2 aromatic rings. The number of halogens is 1. The summed E-state index contributed by atoms with van der Waals surface area (Å²) < 4.78 is 10.9. The van der Waals surface area contributed by atoms with Crippen molar-refractivity contribution in [2.75, 3.05) is 25.7 Å². The fourth-order valence-corrected chi connectivity index (χ4v) is 1.58. The van der Waals surface area contributed by atoms with E-state index in [-0.39, 0.29) is 0 Å². The molecule has 19 heavy (non-hydrogen) atoms. The number of hydrogen-bond donors (Lipinski definition) is 2. The van der Waals surface area contributed by atoms with Gasteiger partial charge in [-0.1, -0.05) is 12.1 Å². The van der Waals surface area contributed by atoms with Crippen LogP contribution in [-0.2, 0) is 0 Å². The van der Waals surface area contributed by atoms with Gasteiger partial charge in [-0.15, -0.1) is 0 Å². The first-order chi connectivity index (χ1) is 9.08. The van der Waals surface area contributed by atoms with E-state index in [1.165, 1.54) is 0 Å². The Balaban J connectivity index is 0.000000200. The maximum Gasteiger partial charge on any atom is 0.145 e. The molecule has 0 radical (unpaired) electrons. The van der Waals surface area contributed by atoms with Gasteiger partial charge in [-0.2, -0.15) is 0 Å². The highest BCUT2D eigenvalue weighted by molar-refractivity contribution is 9.10. The number of nitrogen functional groups attached to an aromatic ring is 2. The lowest BCUT2D eigenvalue weighted by Gasteiger charge is -2.05. The monoisotopic (exact) mass is 324 g/mol. The Hall–Kier alpha value is -1.88. The van der Waals surface area contributed by atoms with E-state index in [9.17, 15) is 0 Å². The Bertz CT molecular complexity index is 512. The predicted molar refractivity (Wildman–Crippen MR) is 82.5 cm³/mol. The van der Waals surface area contributed by atoms with Gasteiger partial charge in [0.25, 0.3) is 0 Å². The molecule has 0 unspecified atom stereocenters. The zero-order chi connectivity index (χ0) is 14.3. The molecule has 0 amide bonds. The molecule has 5 heteroatoms. The summed E-state index contributed by atoms with van der Waals surface area (Å²) in [5, 5.41) is 0. The summed E-state index contributed by atoms with van der Waals surface area (Å²) >= 11 is 3.27. The van der Waals surface area contributed by atoms with Gasteiger partial charge in [0.05, 0.1) is 19.9 Å². The molecule has 2 aromatic carbocycles. The van der Waals surface area contributed by atoms with Crippen LogP contribution in [-0.4, -0.2) is 14.2 Å². The van der Waals surface area contributed by atoms with Crippen molar-refractivity contribution in [3.63, 3.8) is 0 Å². The van der Waals surface area contributed by atoms with Crippen molar-refractivity contribution < 1.29 is 9.47 Å². The average Bonchev–Trinajstić information content (AvgIpc) is 2.43. The molecule has 0 saturated heterocycles. The maximum absolute atomic E-state index is 5.57. The van der Waals surface area contributed by atoms with Gasteiger partial charge in [-0.25, -0.2) is 0 Å². The highest BCUT2D eigenvalue weighted by Crippen LogP contribution is 2.25. The van der Waals surface area contributed by atoms with Crippen molar-refractivity contribution in [1.82, 2.24) is 0 Å². The second kappa shape index (κ2) is 7.53. The minimum absolute atomic E-state index is 0.619. The van der Waals surface area contributed by atoms with Gasteiger partial charge in [0.2, 0.25) is 0 Å². The predicted octanol–water partition coefficient (Wildman–Crippen LogP) is 3.32. The van der Waals surface area contributed by atoms with Crippen LogP contribution >= 0.6 is 15.9 Å². The Kier molecular flexibility index (Phi) is 6.02. The van der Waals surface area contributed by atoms with Crippen molar-refractivity contribution in [3.05, 3.63) is 46.9 Å². The van der Waals surface area contributed by atoms with E-state index in [0.29, 0.717) is 11.4 Å². The van der Waals surface area contributed by atoms with Crippen LogP contribution in [0.15, 0.2) is 46.9 Å². The lowest BCUT2D eigenvalue weighted by molar-refractivity contribution is 0.395. The highest BCUT2D eigenvalue weighted by atomic mass is 79.9. The third-order valence-corrected chi connectivity index (χ3v) is 3.07. The molecule has 2 rings (SSSR count). The van der Waals surface area contributed by atoms with Crippen LogP contribution in [0, 0.1) is 0 Å². The maximum atomic E-state index is 5.57. The number of rotatable bonds is 2. The van der Waals surface area contributed by atoms with Crippen LogP contribution in [0.4, 0.5) is 11.4 Å². The lowest BCUT2D eigenvalue weighted by atomic mass is 10.3. The quantitative estimate of drug-likeness (QED) is 0.831. The molecule has 0 atom stereocenters. The minimum Gasteiger partial charge on any atom is -0.497 e. The standard InChI is InChI=1S/C8H11NO2.C6H6BrN/c1-10-6-3-4-7(9)8(5-6)11-2;7-5-3-1-2-4-6(5)8/h3-5H,9H2,1-2H3;1-4H,8H2. The number of para-hydroxylation sites is 1. The summed E-state index contributed by atoms with van der Waals surface area (Å²) in [4.78, 5) is 0. The average molecular weight is 325 g/mol. The van der Waals surface area contributed by atoms with Gasteiger partial charge >= 0.3 is 0 Å². The number of nitrogens with two attached hydrogens (primary N) is 2. The molecule has 0 heterocycles. The van der Waals surface area contributed by atoms with E-state index >= 15 is 0 Å². The Morgan fingerprint density at radius 3 is 2.05 bits per heavy atom. The van der Waals surface area contributed by atoms with Gasteiger partial charge in [-0.05, 0) is 40.2 Å². The van der Waals surface area contributed by atoms with Crippen LogP contribution in [0.2, 0.25) is 0 Å². The zero-order valence-electron chi connectivity index (χ0n) is 10.9. The normalized spacial score (nSPS) is 9.21. The fourth-order valence-electron chi connectivity index (χ4n) is 1.29. The molecule has 0 aromatic heterocycles. The van der Waals surface area contributed by atoms with Crippen molar-refractivity contribution in [1.29, 1.82) is 0 Å². The molecule has 0 aliphatic carbocycles. The molecule has 0 fully saturated rings. The number of benzene rings is 2. The fraction of sp³-hybridized carbons (Fsp3) is 0.143. The first-order valence-electron chi connectivity index (χ1n) is 5.56. The first kappa shape index (κ1) is 15.2. The molecule has 0 aliphatic heterocycles. The molecule has 0 bridgehead atoms. The molecule has 0 spiro atoms. The smallest absolute Gasteiger partial charge is 0.145 e. The minimum atomic E-state index is 0.619. The molecule has 0 saturated carbocycles.